The quantitative estimate of drug-likeness (QED) is 0.536. The van der Waals surface area contributed by atoms with Crippen LogP contribution in [0.1, 0.15) is 29.1 Å². The third-order valence-electron chi connectivity index (χ3n) is 6.58. The fourth-order valence-corrected chi connectivity index (χ4v) is 4.56. The summed E-state index contributed by atoms with van der Waals surface area (Å²) in [5, 5.41) is 2.92. The highest BCUT2D eigenvalue weighted by Gasteiger charge is 2.38. The number of esters is 1. The van der Waals surface area contributed by atoms with E-state index in [4.69, 9.17) is 18.6 Å². The number of hydrogen-bond acceptors (Lipinski definition) is 8. The van der Waals surface area contributed by atoms with Gasteiger partial charge in [0.1, 0.15) is 0 Å². The first-order chi connectivity index (χ1) is 17.9. The van der Waals surface area contributed by atoms with Crippen LogP contribution >= 0.6 is 0 Å². The number of furan rings is 1. The molecule has 1 atom stereocenters. The van der Waals surface area contributed by atoms with E-state index in [-0.39, 0.29) is 18.5 Å². The van der Waals surface area contributed by atoms with Gasteiger partial charge in [-0.05, 0) is 36.8 Å². The summed E-state index contributed by atoms with van der Waals surface area (Å²) in [4.78, 5) is 44.2. The SMILES string of the molecule is CCOC(=O)C1=C(CN2CCN(C(=O)c3ccco3)CC2)N(C)C(=O)NC1c1ccc(OC)c(OC)c1. The molecular weight excluding hydrogens is 480 g/mol. The predicted molar refractivity (Wildman–Crippen MR) is 133 cm³/mol. The van der Waals surface area contributed by atoms with Crippen LogP contribution in [-0.2, 0) is 9.53 Å². The van der Waals surface area contributed by atoms with Crippen molar-refractivity contribution in [2.75, 3.05) is 60.6 Å². The topological polar surface area (TPSA) is 114 Å². The van der Waals surface area contributed by atoms with Crippen molar-refractivity contribution in [2.24, 2.45) is 0 Å². The van der Waals surface area contributed by atoms with Gasteiger partial charge in [-0.2, -0.15) is 0 Å². The average Bonchev–Trinajstić information content (AvgIpc) is 3.46. The molecule has 1 unspecified atom stereocenters. The highest BCUT2D eigenvalue weighted by Crippen LogP contribution is 2.36. The maximum Gasteiger partial charge on any atom is 0.338 e. The standard InChI is InChI=1S/C26H32N4O7/c1-5-36-25(32)22-18(16-29-10-12-30(13-11-29)24(31)20-7-6-14-37-20)28(2)26(33)27-23(22)17-8-9-19(34-3)21(15-17)35-4/h6-9,14-15,23H,5,10-13,16H2,1-4H3,(H,27,33). The van der Waals surface area contributed by atoms with E-state index in [1.807, 2.05) is 0 Å². The molecule has 1 saturated heterocycles. The van der Waals surface area contributed by atoms with Crippen LogP contribution in [0.15, 0.2) is 52.3 Å². The van der Waals surface area contributed by atoms with Crippen LogP contribution in [0.2, 0.25) is 0 Å². The minimum absolute atomic E-state index is 0.154. The largest absolute Gasteiger partial charge is 0.493 e. The monoisotopic (exact) mass is 512 g/mol. The Morgan fingerprint density at radius 3 is 2.43 bits per heavy atom. The number of hydrogen-bond donors (Lipinski definition) is 1. The Morgan fingerprint density at radius 2 is 1.81 bits per heavy atom. The molecule has 1 aromatic carbocycles. The predicted octanol–water partition coefficient (Wildman–Crippen LogP) is 2.27. The second kappa shape index (κ2) is 11.4. The molecule has 2 aliphatic rings. The van der Waals surface area contributed by atoms with Crippen LogP contribution in [0, 0.1) is 0 Å². The molecule has 0 spiro atoms. The molecule has 0 aliphatic carbocycles. The second-order valence-electron chi connectivity index (χ2n) is 8.68. The number of urea groups is 1. The van der Waals surface area contributed by atoms with Crippen molar-refractivity contribution in [1.82, 2.24) is 20.0 Å². The zero-order valence-electron chi connectivity index (χ0n) is 21.5. The van der Waals surface area contributed by atoms with Gasteiger partial charge in [-0.1, -0.05) is 6.07 Å². The van der Waals surface area contributed by atoms with E-state index in [1.165, 1.54) is 18.3 Å². The first-order valence-electron chi connectivity index (χ1n) is 12.1. The number of methoxy groups -OCH3 is 2. The number of ether oxygens (including phenoxy) is 3. The lowest BCUT2D eigenvalue weighted by Crippen LogP contribution is -2.53. The summed E-state index contributed by atoms with van der Waals surface area (Å²) in [5.41, 5.74) is 1.56. The van der Waals surface area contributed by atoms with E-state index < -0.39 is 12.0 Å². The maximum absolute atomic E-state index is 13.2. The lowest BCUT2D eigenvalue weighted by atomic mass is 9.94. The highest BCUT2D eigenvalue weighted by molar-refractivity contribution is 5.95. The minimum atomic E-state index is -0.737. The Labute approximate surface area is 215 Å². The molecule has 11 heteroatoms. The number of carbonyl (C=O) groups excluding carboxylic acids is 3. The Bertz CT molecular complexity index is 1170. The summed E-state index contributed by atoms with van der Waals surface area (Å²) in [6, 6.07) is 7.52. The molecule has 37 heavy (non-hydrogen) atoms. The summed E-state index contributed by atoms with van der Waals surface area (Å²) in [5.74, 6) is 0.668. The Morgan fingerprint density at radius 1 is 1.08 bits per heavy atom. The molecule has 2 aliphatic heterocycles. The van der Waals surface area contributed by atoms with Crippen molar-refractivity contribution < 1.29 is 33.0 Å². The van der Waals surface area contributed by atoms with E-state index >= 15 is 0 Å². The van der Waals surface area contributed by atoms with Gasteiger partial charge in [0.15, 0.2) is 17.3 Å². The highest BCUT2D eigenvalue weighted by atomic mass is 16.5. The van der Waals surface area contributed by atoms with Crippen molar-refractivity contribution in [2.45, 2.75) is 13.0 Å². The van der Waals surface area contributed by atoms with Gasteiger partial charge in [0, 0.05) is 45.5 Å². The van der Waals surface area contributed by atoms with Crippen molar-refractivity contribution >= 4 is 17.9 Å². The van der Waals surface area contributed by atoms with Crippen LogP contribution < -0.4 is 14.8 Å². The number of carbonyl (C=O) groups is 3. The minimum Gasteiger partial charge on any atom is -0.493 e. The van der Waals surface area contributed by atoms with Crippen molar-refractivity contribution in [1.29, 1.82) is 0 Å². The number of nitrogens with one attached hydrogen (secondary N) is 1. The lowest BCUT2D eigenvalue weighted by Gasteiger charge is -2.39. The number of piperazine rings is 1. The maximum atomic E-state index is 13.2. The van der Waals surface area contributed by atoms with E-state index in [9.17, 15) is 14.4 Å². The van der Waals surface area contributed by atoms with Gasteiger partial charge in [-0.3, -0.25) is 14.6 Å². The average molecular weight is 513 g/mol. The Kier molecular flexibility index (Phi) is 8.02. The number of rotatable bonds is 8. The number of amides is 3. The van der Waals surface area contributed by atoms with Crippen molar-refractivity contribution in [3.05, 3.63) is 59.2 Å². The summed E-state index contributed by atoms with van der Waals surface area (Å²) in [6.45, 7) is 4.41. The molecule has 11 nitrogen and oxygen atoms in total. The molecule has 3 amide bonds. The Hall–Kier alpha value is -3.99. The molecule has 2 aromatic rings. The van der Waals surface area contributed by atoms with E-state index in [1.54, 1.807) is 56.3 Å². The molecule has 1 aromatic heterocycles. The molecule has 0 radical (unpaired) electrons. The molecule has 0 bridgehead atoms. The number of nitrogens with zero attached hydrogens (tertiary/aromatic N) is 3. The van der Waals surface area contributed by atoms with Crippen LogP contribution in [0.4, 0.5) is 4.79 Å². The molecule has 198 valence electrons. The molecule has 1 N–H and O–H groups in total. The van der Waals surface area contributed by atoms with Gasteiger partial charge in [0.05, 0.1) is 38.7 Å². The second-order valence-corrected chi connectivity index (χ2v) is 8.68. The molecular formula is C26H32N4O7. The Balaban J connectivity index is 1.62. The third-order valence-corrected chi connectivity index (χ3v) is 6.58. The first kappa shape index (κ1) is 26.1. The van der Waals surface area contributed by atoms with E-state index in [0.29, 0.717) is 66.8 Å². The van der Waals surface area contributed by atoms with Crippen molar-refractivity contribution in [3.63, 3.8) is 0 Å². The fraction of sp³-hybridized carbons (Fsp3) is 0.423. The number of benzene rings is 1. The zero-order valence-corrected chi connectivity index (χ0v) is 21.5. The van der Waals surface area contributed by atoms with Gasteiger partial charge in [-0.15, -0.1) is 0 Å². The van der Waals surface area contributed by atoms with Gasteiger partial charge < -0.3 is 28.8 Å². The third kappa shape index (κ3) is 5.41. The van der Waals surface area contributed by atoms with E-state index in [2.05, 4.69) is 10.2 Å². The molecule has 3 heterocycles. The van der Waals surface area contributed by atoms with Gasteiger partial charge in [0.2, 0.25) is 0 Å². The normalized spacial score (nSPS) is 18.5. The van der Waals surface area contributed by atoms with Crippen LogP contribution in [0.25, 0.3) is 0 Å². The van der Waals surface area contributed by atoms with Crippen LogP contribution in [0.3, 0.4) is 0 Å². The van der Waals surface area contributed by atoms with Gasteiger partial charge in [-0.25, -0.2) is 9.59 Å². The summed E-state index contributed by atoms with van der Waals surface area (Å²) in [7, 11) is 4.70. The van der Waals surface area contributed by atoms with E-state index in [0.717, 1.165) is 0 Å². The van der Waals surface area contributed by atoms with Crippen LogP contribution in [0.5, 0.6) is 11.5 Å². The first-order valence-corrected chi connectivity index (χ1v) is 12.1. The summed E-state index contributed by atoms with van der Waals surface area (Å²) in [6.07, 6.45) is 1.48. The lowest BCUT2D eigenvalue weighted by molar-refractivity contribution is -0.139. The van der Waals surface area contributed by atoms with Crippen LogP contribution in [-0.4, -0.2) is 93.2 Å². The zero-order chi connectivity index (χ0) is 26.5. The molecule has 4 rings (SSSR count). The smallest absolute Gasteiger partial charge is 0.338 e. The molecule has 1 fully saturated rings. The van der Waals surface area contributed by atoms with Gasteiger partial charge in [0.25, 0.3) is 5.91 Å². The van der Waals surface area contributed by atoms with Gasteiger partial charge >= 0.3 is 12.0 Å². The fourth-order valence-electron chi connectivity index (χ4n) is 4.56. The summed E-state index contributed by atoms with van der Waals surface area (Å²) >= 11 is 0. The molecule has 0 saturated carbocycles. The number of likely N-dealkylation sites (N-methyl/N-ethyl adjacent to an activating group) is 1. The van der Waals surface area contributed by atoms with Crippen molar-refractivity contribution in [3.8, 4) is 11.5 Å². The summed E-state index contributed by atoms with van der Waals surface area (Å²) < 4.78 is 21.4.